The second kappa shape index (κ2) is 10.4. The van der Waals surface area contributed by atoms with E-state index in [1.54, 1.807) is 42.8 Å². The van der Waals surface area contributed by atoms with Crippen LogP contribution in [0.5, 0.6) is 0 Å². The molecule has 3 N–H and O–H groups in total. The maximum absolute atomic E-state index is 12.6. The Morgan fingerprint density at radius 1 is 1.18 bits per heavy atom. The van der Waals surface area contributed by atoms with Gasteiger partial charge in [0.1, 0.15) is 0 Å². The lowest BCUT2D eigenvalue weighted by Gasteiger charge is -2.27. The lowest BCUT2D eigenvalue weighted by Crippen LogP contribution is -2.38. The molecule has 172 valence electrons. The van der Waals surface area contributed by atoms with Gasteiger partial charge in [-0.2, -0.15) is 0 Å². The number of rotatable bonds is 7. The fourth-order valence-electron chi connectivity index (χ4n) is 3.44. The number of nitrogens with one attached hydrogen (secondary N) is 3. The number of carbonyl (C=O) groups excluding carboxylic acids is 2. The number of morpholine rings is 1. The number of carbonyl (C=O) groups is 2. The van der Waals surface area contributed by atoms with Crippen molar-refractivity contribution in [3.8, 4) is 0 Å². The van der Waals surface area contributed by atoms with Gasteiger partial charge in [-0.05, 0) is 37.6 Å². The van der Waals surface area contributed by atoms with Crippen molar-refractivity contribution in [2.75, 3.05) is 41.8 Å². The Hall–Kier alpha value is -3.57. The summed E-state index contributed by atoms with van der Waals surface area (Å²) in [5, 5.41) is 7.80. The summed E-state index contributed by atoms with van der Waals surface area (Å²) < 4.78 is 5.33. The first-order valence-electron chi connectivity index (χ1n) is 10.5. The van der Waals surface area contributed by atoms with E-state index in [4.69, 9.17) is 4.74 Å². The van der Waals surface area contributed by atoms with Crippen LogP contribution in [0.4, 0.5) is 16.8 Å². The van der Waals surface area contributed by atoms with E-state index in [2.05, 4.69) is 25.6 Å². The number of H-pyrrole nitrogens is 1. The Kier molecular flexibility index (Phi) is 7.10. The molecule has 3 heterocycles. The fraction of sp³-hybridized carbons (Fsp3) is 0.318. The zero-order valence-electron chi connectivity index (χ0n) is 18.1. The molecule has 0 aliphatic carbocycles. The first-order chi connectivity index (χ1) is 16.0. The molecule has 0 saturated carbocycles. The third-order valence-electron chi connectivity index (χ3n) is 5.21. The number of amides is 2. The van der Waals surface area contributed by atoms with Crippen molar-refractivity contribution in [1.82, 2.24) is 15.0 Å². The second-order valence-electron chi connectivity index (χ2n) is 7.47. The van der Waals surface area contributed by atoms with Gasteiger partial charge in [-0.3, -0.25) is 24.7 Å². The number of thiazole rings is 1. The largest absolute Gasteiger partial charge is 0.378 e. The molecule has 0 atom stereocenters. The maximum Gasteiger partial charge on any atom is 0.257 e. The van der Waals surface area contributed by atoms with Gasteiger partial charge in [-0.1, -0.05) is 0 Å². The van der Waals surface area contributed by atoms with Crippen molar-refractivity contribution >= 4 is 39.9 Å². The number of hydrogen-bond donors (Lipinski definition) is 3. The van der Waals surface area contributed by atoms with Crippen LogP contribution in [-0.4, -0.2) is 53.1 Å². The highest BCUT2D eigenvalue weighted by atomic mass is 32.1. The predicted octanol–water partition coefficient (Wildman–Crippen LogP) is 2.20. The number of aromatic nitrogens is 3. The van der Waals surface area contributed by atoms with Gasteiger partial charge in [0, 0.05) is 53.6 Å². The zero-order chi connectivity index (χ0) is 23.2. The van der Waals surface area contributed by atoms with Crippen molar-refractivity contribution in [1.29, 1.82) is 0 Å². The Balaban J connectivity index is 1.32. The summed E-state index contributed by atoms with van der Waals surface area (Å²) in [5.41, 5.74) is 1.90. The Morgan fingerprint density at radius 3 is 2.61 bits per heavy atom. The molecule has 0 unspecified atom stereocenters. The van der Waals surface area contributed by atoms with Gasteiger partial charge in [0.2, 0.25) is 11.9 Å². The van der Waals surface area contributed by atoms with Crippen LogP contribution in [0.1, 0.15) is 28.0 Å². The van der Waals surface area contributed by atoms with Gasteiger partial charge in [-0.15, -0.1) is 11.3 Å². The molecule has 2 aromatic heterocycles. The van der Waals surface area contributed by atoms with E-state index in [0.717, 1.165) is 0 Å². The van der Waals surface area contributed by atoms with E-state index in [0.29, 0.717) is 59.9 Å². The Labute approximate surface area is 194 Å². The highest BCUT2D eigenvalue weighted by Crippen LogP contribution is 2.15. The Morgan fingerprint density at radius 2 is 1.94 bits per heavy atom. The fourth-order valence-corrected chi connectivity index (χ4v) is 3.96. The summed E-state index contributed by atoms with van der Waals surface area (Å²) in [7, 11) is 0. The van der Waals surface area contributed by atoms with Crippen molar-refractivity contribution in [2.45, 2.75) is 19.8 Å². The monoisotopic (exact) mass is 468 g/mol. The number of anilines is 3. The molecule has 1 aliphatic heterocycles. The summed E-state index contributed by atoms with van der Waals surface area (Å²) in [4.78, 5) is 50.5. The van der Waals surface area contributed by atoms with Crippen LogP contribution < -0.4 is 21.1 Å². The molecule has 11 heteroatoms. The molecule has 1 aliphatic rings. The Bertz CT molecular complexity index is 1170. The smallest absolute Gasteiger partial charge is 0.257 e. The molecule has 0 spiro atoms. The number of nitrogens with zero attached hydrogens (tertiary/aromatic N) is 3. The number of aryl methyl sites for hydroxylation is 1. The number of hydrogen-bond acceptors (Lipinski definition) is 8. The van der Waals surface area contributed by atoms with Crippen molar-refractivity contribution in [3.05, 3.63) is 63.0 Å². The lowest BCUT2D eigenvalue weighted by molar-refractivity contribution is -0.116. The molecule has 0 bridgehead atoms. The summed E-state index contributed by atoms with van der Waals surface area (Å²) in [6.45, 7) is 4.33. The summed E-state index contributed by atoms with van der Waals surface area (Å²) in [5.74, 6) is 0.0320. The zero-order valence-corrected chi connectivity index (χ0v) is 18.9. The third kappa shape index (κ3) is 5.82. The van der Waals surface area contributed by atoms with Crippen LogP contribution in [-0.2, 0) is 16.0 Å². The van der Waals surface area contributed by atoms with E-state index in [-0.39, 0.29) is 30.2 Å². The normalized spacial score (nSPS) is 13.5. The minimum absolute atomic E-state index is 0.134. The van der Waals surface area contributed by atoms with E-state index in [1.807, 2.05) is 4.90 Å². The molecular formula is C22H24N6O4S. The SMILES string of the molecule is Cc1nc(N2CCOCC2)[nH]c(=O)c1CCC(=O)Nc1ccc(C(=O)Nc2nccs2)cc1. The van der Waals surface area contributed by atoms with E-state index < -0.39 is 0 Å². The number of benzene rings is 1. The maximum atomic E-state index is 12.6. The van der Waals surface area contributed by atoms with Crippen LogP contribution >= 0.6 is 11.3 Å². The standard InChI is InChI=1S/C22H24N6O4S/c1-14-17(20(31)26-21(24-14)28-9-11-32-12-10-28)6-7-18(29)25-16-4-2-15(3-5-16)19(30)27-22-23-8-13-33-22/h2-5,8,13H,6-7,9-12H2,1H3,(H,25,29)(H,23,27,30)(H,24,26,31). The second-order valence-corrected chi connectivity index (χ2v) is 8.36. The highest BCUT2D eigenvalue weighted by molar-refractivity contribution is 7.13. The topological polar surface area (TPSA) is 129 Å². The summed E-state index contributed by atoms with van der Waals surface area (Å²) >= 11 is 1.33. The molecule has 33 heavy (non-hydrogen) atoms. The summed E-state index contributed by atoms with van der Waals surface area (Å²) in [6, 6.07) is 6.57. The van der Waals surface area contributed by atoms with Gasteiger partial charge in [-0.25, -0.2) is 9.97 Å². The molecule has 3 aromatic rings. The van der Waals surface area contributed by atoms with E-state index in [9.17, 15) is 14.4 Å². The third-order valence-corrected chi connectivity index (χ3v) is 5.89. The van der Waals surface area contributed by atoms with Gasteiger partial charge >= 0.3 is 0 Å². The molecule has 4 rings (SSSR count). The van der Waals surface area contributed by atoms with Crippen LogP contribution in [0, 0.1) is 6.92 Å². The number of aromatic amines is 1. The van der Waals surface area contributed by atoms with E-state index >= 15 is 0 Å². The number of ether oxygens (including phenoxy) is 1. The molecule has 0 radical (unpaired) electrons. The quantitative estimate of drug-likeness (QED) is 0.485. The first-order valence-corrected chi connectivity index (χ1v) is 11.4. The van der Waals surface area contributed by atoms with Crippen molar-refractivity contribution in [2.24, 2.45) is 0 Å². The van der Waals surface area contributed by atoms with Gasteiger partial charge < -0.3 is 15.0 Å². The molecule has 2 amide bonds. The van der Waals surface area contributed by atoms with Gasteiger partial charge in [0.25, 0.3) is 11.5 Å². The van der Waals surface area contributed by atoms with E-state index in [1.165, 1.54) is 11.3 Å². The first kappa shape index (κ1) is 22.6. The lowest BCUT2D eigenvalue weighted by atomic mass is 10.1. The highest BCUT2D eigenvalue weighted by Gasteiger charge is 2.17. The van der Waals surface area contributed by atoms with Crippen molar-refractivity contribution in [3.63, 3.8) is 0 Å². The molecule has 10 nitrogen and oxygen atoms in total. The molecule has 1 fully saturated rings. The molecule has 1 aromatic carbocycles. The minimum atomic E-state index is -0.273. The molecule has 1 saturated heterocycles. The van der Waals surface area contributed by atoms with Gasteiger partial charge in [0.05, 0.1) is 13.2 Å². The predicted molar refractivity (Wildman–Crippen MR) is 126 cm³/mol. The van der Waals surface area contributed by atoms with Crippen molar-refractivity contribution < 1.29 is 14.3 Å². The van der Waals surface area contributed by atoms with Crippen LogP contribution in [0.25, 0.3) is 0 Å². The van der Waals surface area contributed by atoms with Crippen LogP contribution in [0.15, 0.2) is 40.6 Å². The average Bonchev–Trinajstić information content (AvgIpc) is 3.32. The van der Waals surface area contributed by atoms with Crippen LogP contribution in [0.3, 0.4) is 0 Å². The minimum Gasteiger partial charge on any atom is -0.378 e. The van der Waals surface area contributed by atoms with Crippen LogP contribution in [0.2, 0.25) is 0 Å². The average molecular weight is 469 g/mol. The molecular weight excluding hydrogens is 444 g/mol. The van der Waals surface area contributed by atoms with Gasteiger partial charge in [0.15, 0.2) is 5.13 Å². The summed E-state index contributed by atoms with van der Waals surface area (Å²) in [6.07, 6.45) is 2.02.